The number of rotatable bonds is 3. The molecule has 1 rings (SSSR count). The number of halogens is 1. The van der Waals surface area contributed by atoms with Gasteiger partial charge < -0.3 is 5.11 Å². The van der Waals surface area contributed by atoms with Gasteiger partial charge in [0.15, 0.2) is 0 Å². The monoisotopic (exact) mass is 220 g/mol. The third-order valence-electron chi connectivity index (χ3n) is 2.45. The number of aliphatic carboxylic acids is 1. The Labute approximate surface area is 75.1 Å². The molecule has 1 aliphatic rings. The second-order valence-corrected chi connectivity index (χ2v) is 3.79. The average Bonchev–Trinajstić information content (AvgIpc) is 2.40. The summed E-state index contributed by atoms with van der Waals surface area (Å²) in [5.41, 5.74) is 0. The third kappa shape index (κ3) is 2.19. The van der Waals surface area contributed by atoms with Gasteiger partial charge in [0, 0.05) is 5.33 Å². The second kappa shape index (κ2) is 4.10. The van der Waals surface area contributed by atoms with Gasteiger partial charge in [-0.2, -0.15) is 0 Å². The van der Waals surface area contributed by atoms with Crippen LogP contribution in [-0.2, 0) is 4.79 Å². The number of carbonyl (C=O) groups is 1. The number of alkyl halides is 1. The van der Waals surface area contributed by atoms with Gasteiger partial charge in [-0.3, -0.25) is 4.79 Å². The van der Waals surface area contributed by atoms with Gasteiger partial charge >= 0.3 is 5.97 Å². The summed E-state index contributed by atoms with van der Waals surface area (Å²) in [4.78, 5) is 10.7. The molecule has 0 radical (unpaired) electrons. The van der Waals surface area contributed by atoms with Crippen LogP contribution in [0.2, 0.25) is 0 Å². The van der Waals surface area contributed by atoms with E-state index in [0.29, 0.717) is 11.2 Å². The highest BCUT2D eigenvalue weighted by molar-refractivity contribution is 9.09. The molecule has 0 spiro atoms. The van der Waals surface area contributed by atoms with Gasteiger partial charge in [-0.15, -0.1) is 0 Å². The van der Waals surface area contributed by atoms with Crippen molar-refractivity contribution in [3.8, 4) is 0 Å². The van der Waals surface area contributed by atoms with Crippen molar-refractivity contribution in [1.29, 1.82) is 0 Å². The molecule has 1 saturated carbocycles. The second-order valence-electron chi connectivity index (χ2n) is 3.14. The predicted molar refractivity (Wildman–Crippen MR) is 46.9 cm³/mol. The maximum atomic E-state index is 10.7. The van der Waals surface area contributed by atoms with Crippen LogP contribution in [0.5, 0.6) is 0 Å². The SMILES string of the molecule is O=C(O)[C@H](CBr)C1CCCC1. The molecule has 3 heteroatoms. The predicted octanol–water partition coefficient (Wildman–Crippen LogP) is 2.27. The van der Waals surface area contributed by atoms with Gasteiger partial charge in [0.05, 0.1) is 5.92 Å². The van der Waals surface area contributed by atoms with Gasteiger partial charge in [0.25, 0.3) is 0 Å². The van der Waals surface area contributed by atoms with E-state index >= 15 is 0 Å². The zero-order valence-corrected chi connectivity index (χ0v) is 8.01. The third-order valence-corrected chi connectivity index (χ3v) is 3.15. The average molecular weight is 221 g/mol. The summed E-state index contributed by atoms with van der Waals surface area (Å²) in [6, 6.07) is 0. The number of carboxylic acid groups (broad SMARTS) is 1. The Morgan fingerprint density at radius 3 is 2.45 bits per heavy atom. The highest BCUT2D eigenvalue weighted by Crippen LogP contribution is 2.32. The maximum Gasteiger partial charge on any atom is 0.307 e. The molecule has 0 aromatic heterocycles. The van der Waals surface area contributed by atoms with Crippen LogP contribution in [0.25, 0.3) is 0 Å². The molecule has 0 heterocycles. The lowest BCUT2D eigenvalue weighted by Gasteiger charge is -2.15. The smallest absolute Gasteiger partial charge is 0.307 e. The normalized spacial score (nSPS) is 21.9. The fourth-order valence-corrected chi connectivity index (χ4v) is 2.56. The summed E-state index contributed by atoms with van der Waals surface area (Å²) < 4.78 is 0. The molecule has 1 aliphatic carbocycles. The quantitative estimate of drug-likeness (QED) is 0.742. The van der Waals surface area contributed by atoms with Crippen molar-refractivity contribution in [2.24, 2.45) is 11.8 Å². The van der Waals surface area contributed by atoms with E-state index in [4.69, 9.17) is 5.11 Å². The lowest BCUT2D eigenvalue weighted by Crippen LogP contribution is -2.22. The van der Waals surface area contributed by atoms with Gasteiger partial charge in [-0.25, -0.2) is 0 Å². The van der Waals surface area contributed by atoms with Crippen molar-refractivity contribution >= 4 is 21.9 Å². The molecule has 0 saturated heterocycles. The van der Waals surface area contributed by atoms with Crippen molar-refractivity contribution in [2.75, 3.05) is 5.33 Å². The number of hydrogen-bond acceptors (Lipinski definition) is 1. The topological polar surface area (TPSA) is 37.3 Å². The van der Waals surface area contributed by atoms with E-state index in [1.54, 1.807) is 0 Å². The Hall–Kier alpha value is -0.0500. The minimum absolute atomic E-state index is 0.155. The van der Waals surface area contributed by atoms with Gasteiger partial charge in [0.2, 0.25) is 0 Å². The van der Waals surface area contributed by atoms with E-state index in [-0.39, 0.29) is 5.92 Å². The summed E-state index contributed by atoms with van der Waals surface area (Å²) >= 11 is 3.25. The van der Waals surface area contributed by atoms with E-state index in [0.717, 1.165) is 12.8 Å². The van der Waals surface area contributed by atoms with Crippen molar-refractivity contribution in [2.45, 2.75) is 25.7 Å². The standard InChI is InChI=1S/C8H13BrO2/c9-5-7(8(10)11)6-3-1-2-4-6/h6-7H,1-5H2,(H,10,11)/t7-/m1/s1. The van der Waals surface area contributed by atoms with E-state index in [1.807, 2.05) is 0 Å². The van der Waals surface area contributed by atoms with Crippen LogP contribution in [0.4, 0.5) is 0 Å². The van der Waals surface area contributed by atoms with Crippen molar-refractivity contribution in [1.82, 2.24) is 0 Å². The Kier molecular flexibility index (Phi) is 3.37. The molecule has 0 amide bonds. The fourth-order valence-electron chi connectivity index (χ4n) is 1.75. The van der Waals surface area contributed by atoms with Crippen LogP contribution in [-0.4, -0.2) is 16.4 Å². The van der Waals surface area contributed by atoms with Gasteiger partial charge in [-0.05, 0) is 18.8 Å². The molecule has 1 N–H and O–H groups in total. The first-order valence-electron chi connectivity index (χ1n) is 4.04. The first-order chi connectivity index (χ1) is 5.25. The first kappa shape index (κ1) is 9.04. The maximum absolute atomic E-state index is 10.7. The summed E-state index contributed by atoms with van der Waals surface area (Å²) in [6.07, 6.45) is 4.62. The van der Waals surface area contributed by atoms with Gasteiger partial charge in [0.1, 0.15) is 0 Å². The van der Waals surface area contributed by atoms with Crippen LogP contribution in [0.15, 0.2) is 0 Å². The zero-order valence-electron chi connectivity index (χ0n) is 6.42. The van der Waals surface area contributed by atoms with Crippen LogP contribution in [0, 0.1) is 11.8 Å². The molecule has 0 aromatic carbocycles. The zero-order chi connectivity index (χ0) is 8.27. The lowest BCUT2D eigenvalue weighted by molar-refractivity contribution is -0.142. The van der Waals surface area contributed by atoms with Gasteiger partial charge in [-0.1, -0.05) is 28.8 Å². The molecular formula is C8H13BrO2. The van der Waals surface area contributed by atoms with Crippen molar-refractivity contribution in [3.63, 3.8) is 0 Å². The van der Waals surface area contributed by atoms with Crippen molar-refractivity contribution < 1.29 is 9.90 Å². The molecule has 1 atom stereocenters. The van der Waals surface area contributed by atoms with E-state index in [9.17, 15) is 4.79 Å². The highest BCUT2D eigenvalue weighted by atomic mass is 79.9. The summed E-state index contributed by atoms with van der Waals surface area (Å²) in [5, 5.41) is 9.41. The van der Waals surface area contributed by atoms with Crippen LogP contribution in [0.3, 0.4) is 0 Å². The van der Waals surface area contributed by atoms with Crippen LogP contribution < -0.4 is 0 Å². The molecule has 0 aromatic rings. The molecular weight excluding hydrogens is 208 g/mol. The Balaban J connectivity index is 2.46. The molecule has 0 bridgehead atoms. The first-order valence-corrected chi connectivity index (χ1v) is 5.16. The van der Waals surface area contributed by atoms with E-state index in [2.05, 4.69) is 15.9 Å². The fraction of sp³-hybridized carbons (Fsp3) is 0.875. The van der Waals surface area contributed by atoms with E-state index < -0.39 is 5.97 Å². The van der Waals surface area contributed by atoms with Crippen molar-refractivity contribution in [3.05, 3.63) is 0 Å². The summed E-state index contributed by atoms with van der Waals surface area (Å²) in [7, 11) is 0. The molecule has 1 fully saturated rings. The summed E-state index contributed by atoms with van der Waals surface area (Å²) in [5.74, 6) is -0.377. The Bertz CT molecular complexity index is 141. The molecule has 0 aliphatic heterocycles. The summed E-state index contributed by atoms with van der Waals surface area (Å²) in [6.45, 7) is 0. The molecule has 2 nitrogen and oxygen atoms in total. The van der Waals surface area contributed by atoms with E-state index in [1.165, 1.54) is 12.8 Å². The van der Waals surface area contributed by atoms with Crippen LogP contribution >= 0.6 is 15.9 Å². The molecule has 64 valence electrons. The molecule has 11 heavy (non-hydrogen) atoms. The highest BCUT2D eigenvalue weighted by Gasteiger charge is 2.29. The lowest BCUT2D eigenvalue weighted by atomic mass is 9.93. The van der Waals surface area contributed by atoms with Crippen LogP contribution in [0.1, 0.15) is 25.7 Å². The Morgan fingerprint density at radius 1 is 1.55 bits per heavy atom. The largest absolute Gasteiger partial charge is 0.481 e. The minimum Gasteiger partial charge on any atom is -0.481 e. The number of carboxylic acids is 1. The minimum atomic E-state index is -0.645. The number of hydrogen-bond donors (Lipinski definition) is 1. The Morgan fingerprint density at radius 2 is 2.09 bits per heavy atom. The molecule has 0 unspecified atom stereocenters.